The van der Waals surface area contributed by atoms with Crippen molar-refractivity contribution in [1.29, 1.82) is 0 Å². The van der Waals surface area contributed by atoms with Crippen molar-refractivity contribution in [2.45, 2.75) is 6.92 Å². The van der Waals surface area contributed by atoms with Crippen LogP contribution in [-0.4, -0.2) is 54.4 Å². The van der Waals surface area contributed by atoms with Crippen LogP contribution in [0.4, 0.5) is 5.69 Å². The van der Waals surface area contributed by atoms with Gasteiger partial charge in [-0.15, -0.1) is 0 Å². The molecule has 0 fully saturated rings. The monoisotopic (exact) mass is 440 g/mol. The van der Waals surface area contributed by atoms with Crippen molar-refractivity contribution in [3.63, 3.8) is 0 Å². The van der Waals surface area contributed by atoms with Gasteiger partial charge in [0.2, 0.25) is 6.79 Å². The molecule has 0 saturated carbocycles. The molecule has 1 aromatic heterocycles. The summed E-state index contributed by atoms with van der Waals surface area (Å²) in [6.45, 7) is 1.89. The number of rotatable bonds is 4. The van der Waals surface area contributed by atoms with Crippen LogP contribution in [0.1, 0.15) is 26.5 Å². The van der Waals surface area contributed by atoms with Gasteiger partial charge in [0, 0.05) is 38.5 Å². The van der Waals surface area contributed by atoms with Gasteiger partial charge in [-0.2, -0.15) is 5.10 Å². The number of hydrogen-bond acceptors (Lipinski definition) is 5. The zero-order valence-corrected chi connectivity index (χ0v) is 18.3. The average molecular weight is 441 g/mol. The molecule has 4 rings (SSSR count). The largest absolute Gasteiger partial charge is 0.454 e. The summed E-state index contributed by atoms with van der Waals surface area (Å²) in [5.41, 5.74) is 2.44. The number of ether oxygens (including phenoxy) is 2. The van der Waals surface area contributed by atoms with Crippen LogP contribution in [0.2, 0.25) is 5.02 Å². The Morgan fingerprint density at radius 3 is 2.52 bits per heavy atom. The van der Waals surface area contributed by atoms with Gasteiger partial charge in [0.05, 0.1) is 16.4 Å². The highest BCUT2D eigenvalue weighted by atomic mass is 35.5. The molecular weight excluding hydrogens is 420 g/mol. The first-order chi connectivity index (χ1) is 14.8. The van der Waals surface area contributed by atoms with E-state index in [1.165, 1.54) is 14.5 Å². The summed E-state index contributed by atoms with van der Waals surface area (Å²) in [5, 5.41) is 4.69. The standard InChI is InChI=1S/C22H21ClN4O4/c1-13-19(23)20(22(29)25(2)3)27(24-13)16-7-5-6-14(10-16)21(28)26(4)15-8-9-17-18(11-15)31-12-30-17/h5-11H,12H2,1-4H3. The first-order valence-corrected chi connectivity index (χ1v) is 9.90. The maximum absolute atomic E-state index is 13.2. The Labute approximate surface area is 184 Å². The van der Waals surface area contributed by atoms with E-state index < -0.39 is 0 Å². The van der Waals surface area contributed by atoms with E-state index in [4.69, 9.17) is 21.1 Å². The van der Waals surface area contributed by atoms with Gasteiger partial charge in [-0.1, -0.05) is 17.7 Å². The number of fused-ring (bicyclic) bond motifs is 1. The summed E-state index contributed by atoms with van der Waals surface area (Å²) < 4.78 is 12.2. The van der Waals surface area contributed by atoms with Gasteiger partial charge in [0.25, 0.3) is 11.8 Å². The van der Waals surface area contributed by atoms with E-state index in [0.29, 0.717) is 34.1 Å². The van der Waals surface area contributed by atoms with Crippen molar-refractivity contribution in [1.82, 2.24) is 14.7 Å². The number of aryl methyl sites for hydroxylation is 1. The van der Waals surface area contributed by atoms with Gasteiger partial charge >= 0.3 is 0 Å². The minimum Gasteiger partial charge on any atom is -0.454 e. The lowest BCUT2D eigenvalue weighted by Crippen LogP contribution is -2.27. The normalized spacial score (nSPS) is 12.0. The second-order valence-corrected chi connectivity index (χ2v) is 7.69. The first kappa shape index (κ1) is 20.7. The minimum atomic E-state index is -0.278. The number of hydrogen-bond donors (Lipinski definition) is 0. The fourth-order valence-electron chi connectivity index (χ4n) is 3.27. The van der Waals surface area contributed by atoms with Crippen LogP contribution in [-0.2, 0) is 0 Å². The van der Waals surface area contributed by atoms with E-state index in [0.717, 1.165) is 0 Å². The number of aromatic nitrogens is 2. The molecule has 0 unspecified atom stereocenters. The van der Waals surface area contributed by atoms with Crippen LogP contribution in [0.25, 0.3) is 5.69 Å². The second kappa shape index (κ2) is 7.96. The molecule has 1 aliphatic heterocycles. The molecule has 0 N–H and O–H groups in total. The average Bonchev–Trinajstić information content (AvgIpc) is 3.36. The number of nitrogens with zero attached hydrogens (tertiary/aromatic N) is 4. The molecule has 9 heteroatoms. The van der Waals surface area contributed by atoms with Crippen molar-refractivity contribution in [3.8, 4) is 17.2 Å². The lowest BCUT2D eigenvalue weighted by atomic mass is 10.1. The molecule has 160 valence electrons. The maximum atomic E-state index is 13.2. The van der Waals surface area contributed by atoms with Gasteiger partial charge in [-0.25, -0.2) is 4.68 Å². The van der Waals surface area contributed by atoms with Crippen LogP contribution in [0.15, 0.2) is 42.5 Å². The van der Waals surface area contributed by atoms with Crippen LogP contribution < -0.4 is 14.4 Å². The van der Waals surface area contributed by atoms with Crippen molar-refractivity contribution in [2.24, 2.45) is 0 Å². The smallest absolute Gasteiger partial charge is 0.273 e. The number of benzene rings is 2. The third kappa shape index (κ3) is 3.70. The van der Waals surface area contributed by atoms with Gasteiger partial charge < -0.3 is 19.3 Å². The number of amides is 2. The molecule has 0 radical (unpaired) electrons. The van der Waals surface area contributed by atoms with Crippen molar-refractivity contribution >= 4 is 29.1 Å². The summed E-state index contributed by atoms with van der Waals surface area (Å²) in [5.74, 6) is 0.742. The molecule has 31 heavy (non-hydrogen) atoms. The Morgan fingerprint density at radius 1 is 1.03 bits per heavy atom. The third-order valence-corrected chi connectivity index (χ3v) is 5.43. The molecule has 8 nitrogen and oxygen atoms in total. The zero-order valence-electron chi connectivity index (χ0n) is 17.5. The van der Waals surface area contributed by atoms with Crippen LogP contribution >= 0.6 is 11.6 Å². The van der Waals surface area contributed by atoms with Crippen molar-refractivity contribution in [3.05, 3.63) is 64.4 Å². The van der Waals surface area contributed by atoms with Crippen molar-refractivity contribution in [2.75, 3.05) is 32.8 Å². The highest BCUT2D eigenvalue weighted by molar-refractivity contribution is 6.34. The molecule has 2 amide bonds. The van der Waals surface area contributed by atoms with Crippen molar-refractivity contribution < 1.29 is 19.1 Å². The van der Waals surface area contributed by atoms with Crippen LogP contribution in [0.5, 0.6) is 11.5 Å². The lowest BCUT2D eigenvalue weighted by molar-refractivity contribution is 0.0818. The summed E-state index contributed by atoms with van der Waals surface area (Å²) in [6.07, 6.45) is 0. The Balaban J connectivity index is 1.69. The van der Waals surface area contributed by atoms with E-state index >= 15 is 0 Å². The number of carbonyl (C=O) groups is 2. The molecule has 2 heterocycles. The van der Waals surface area contributed by atoms with Gasteiger partial charge in [0.1, 0.15) is 0 Å². The molecule has 0 spiro atoms. The molecule has 3 aromatic rings. The zero-order chi connectivity index (χ0) is 22.3. The molecular formula is C22H21ClN4O4. The maximum Gasteiger partial charge on any atom is 0.273 e. The van der Waals surface area contributed by atoms with Gasteiger partial charge in [-0.05, 0) is 37.3 Å². The van der Waals surface area contributed by atoms with E-state index in [9.17, 15) is 9.59 Å². The fourth-order valence-corrected chi connectivity index (χ4v) is 3.47. The number of halogens is 1. The van der Waals surface area contributed by atoms with Gasteiger partial charge in [0.15, 0.2) is 17.2 Å². The Hall–Kier alpha value is -3.52. The van der Waals surface area contributed by atoms with E-state index in [-0.39, 0.29) is 29.3 Å². The Kier molecular flexibility index (Phi) is 5.32. The van der Waals surface area contributed by atoms with E-state index in [1.807, 2.05) is 0 Å². The van der Waals surface area contributed by atoms with E-state index in [2.05, 4.69) is 5.10 Å². The topological polar surface area (TPSA) is 76.9 Å². The number of carbonyl (C=O) groups excluding carboxylic acids is 2. The quantitative estimate of drug-likeness (QED) is 0.620. The van der Waals surface area contributed by atoms with Crippen LogP contribution in [0.3, 0.4) is 0 Å². The Bertz CT molecular complexity index is 1190. The Morgan fingerprint density at radius 2 is 1.77 bits per heavy atom. The molecule has 0 saturated heterocycles. The predicted octanol–water partition coefficient (Wildman–Crippen LogP) is 3.54. The highest BCUT2D eigenvalue weighted by Gasteiger charge is 2.24. The lowest BCUT2D eigenvalue weighted by Gasteiger charge is -2.18. The number of anilines is 1. The highest BCUT2D eigenvalue weighted by Crippen LogP contribution is 2.35. The van der Waals surface area contributed by atoms with E-state index in [1.54, 1.807) is 70.5 Å². The molecule has 0 bridgehead atoms. The molecule has 1 aliphatic rings. The third-order valence-electron chi connectivity index (χ3n) is 4.98. The SMILES string of the molecule is Cc1nn(-c2cccc(C(=O)N(C)c3ccc4c(c3)OCO4)c2)c(C(=O)N(C)C)c1Cl. The summed E-state index contributed by atoms with van der Waals surface area (Å²) in [6, 6.07) is 12.2. The summed E-state index contributed by atoms with van der Waals surface area (Å²) in [4.78, 5) is 28.8. The minimum absolute atomic E-state index is 0.165. The van der Waals surface area contributed by atoms with Crippen LogP contribution in [0, 0.1) is 6.92 Å². The molecule has 2 aromatic carbocycles. The van der Waals surface area contributed by atoms with Gasteiger partial charge in [-0.3, -0.25) is 9.59 Å². The first-order valence-electron chi connectivity index (χ1n) is 9.53. The fraction of sp³-hybridized carbons (Fsp3) is 0.227. The molecule has 0 atom stereocenters. The summed E-state index contributed by atoms with van der Waals surface area (Å²) >= 11 is 6.35. The molecule has 0 aliphatic carbocycles. The second-order valence-electron chi connectivity index (χ2n) is 7.31. The summed E-state index contributed by atoms with van der Waals surface area (Å²) in [7, 11) is 4.97. The predicted molar refractivity (Wildman–Crippen MR) is 117 cm³/mol.